The Kier molecular flexibility index (Phi) is 6.76. The minimum atomic E-state index is -0.695. The summed E-state index contributed by atoms with van der Waals surface area (Å²) in [6, 6.07) is 14.4. The molecule has 30 heavy (non-hydrogen) atoms. The number of halogens is 1. The molecule has 6 nitrogen and oxygen atoms in total. The standard InChI is InChI=1S/C22H19ClN2O4S/c1-28-18-11-16(22(24)27)17(12-19(18)29-2)25-21(26)9-7-15-6-8-20(30-15)13-4-3-5-14(23)10-13/h3-12H,1-2H3,(H2,24,27)(H,25,26)/b9-7+. The van der Waals surface area contributed by atoms with Crippen molar-refractivity contribution in [2.45, 2.75) is 0 Å². The topological polar surface area (TPSA) is 90.6 Å². The minimum absolute atomic E-state index is 0.119. The van der Waals surface area contributed by atoms with Crippen molar-refractivity contribution in [1.82, 2.24) is 0 Å². The van der Waals surface area contributed by atoms with E-state index in [-0.39, 0.29) is 11.3 Å². The SMILES string of the molecule is COc1cc(NC(=O)/C=C/c2ccc(-c3cccc(Cl)c3)s2)c(C(N)=O)cc1OC. The molecule has 0 aliphatic carbocycles. The Morgan fingerprint density at radius 1 is 1.07 bits per heavy atom. The van der Waals surface area contributed by atoms with Crippen LogP contribution in [-0.4, -0.2) is 26.0 Å². The van der Waals surface area contributed by atoms with E-state index in [1.54, 1.807) is 6.08 Å². The van der Waals surface area contributed by atoms with Gasteiger partial charge in [-0.05, 0) is 42.0 Å². The Morgan fingerprint density at radius 3 is 2.47 bits per heavy atom. The van der Waals surface area contributed by atoms with Crippen LogP contribution in [0.3, 0.4) is 0 Å². The molecule has 0 spiro atoms. The fraction of sp³-hybridized carbons (Fsp3) is 0.0909. The van der Waals surface area contributed by atoms with E-state index in [0.29, 0.717) is 16.5 Å². The molecule has 0 saturated carbocycles. The van der Waals surface area contributed by atoms with E-state index in [1.165, 1.54) is 43.8 Å². The molecule has 0 fully saturated rings. The molecule has 0 unspecified atom stereocenters. The molecule has 2 aromatic carbocycles. The van der Waals surface area contributed by atoms with Crippen molar-refractivity contribution in [2.75, 3.05) is 19.5 Å². The lowest BCUT2D eigenvalue weighted by Crippen LogP contribution is -2.17. The maximum atomic E-state index is 12.4. The van der Waals surface area contributed by atoms with E-state index in [1.807, 2.05) is 36.4 Å². The van der Waals surface area contributed by atoms with Gasteiger partial charge >= 0.3 is 0 Å². The molecule has 0 aliphatic heterocycles. The second kappa shape index (κ2) is 9.47. The molecule has 0 bridgehead atoms. The lowest BCUT2D eigenvalue weighted by atomic mass is 10.1. The molecule has 3 aromatic rings. The average molecular weight is 443 g/mol. The van der Waals surface area contributed by atoms with Crippen molar-refractivity contribution in [1.29, 1.82) is 0 Å². The number of hydrogen-bond donors (Lipinski definition) is 2. The minimum Gasteiger partial charge on any atom is -0.493 e. The second-order valence-corrected chi connectivity index (χ2v) is 7.70. The smallest absolute Gasteiger partial charge is 0.250 e. The maximum Gasteiger partial charge on any atom is 0.250 e. The summed E-state index contributed by atoms with van der Waals surface area (Å²) in [6.07, 6.45) is 3.08. The Labute approximate surface area is 182 Å². The monoisotopic (exact) mass is 442 g/mol. The Balaban J connectivity index is 1.77. The first-order valence-corrected chi connectivity index (χ1v) is 10.0. The lowest BCUT2D eigenvalue weighted by Gasteiger charge is -2.13. The summed E-state index contributed by atoms with van der Waals surface area (Å²) in [6.45, 7) is 0. The zero-order chi connectivity index (χ0) is 21.7. The van der Waals surface area contributed by atoms with Gasteiger partial charge in [-0.1, -0.05) is 23.7 Å². The highest BCUT2D eigenvalue weighted by Gasteiger charge is 2.16. The molecule has 0 saturated heterocycles. The summed E-state index contributed by atoms with van der Waals surface area (Å²) in [4.78, 5) is 26.1. The number of anilines is 1. The van der Waals surface area contributed by atoms with Gasteiger partial charge in [0.15, 0.2) is 11.5 Å². The zero-order valence-corrected chi connectivity index (χ0v) is 17.8. The normalized spacial score (nSPS) is 10.8. The number of nitrogens with two attached hydrogens (primary N) is 1. The summed E-state index contributed by atoms with van der Waals surface area (Å²) in [5, 5.41) is 3.32. The third-order valence-electron chi connectivity index (χ3n) is 4.18. The fourth-order valence-electron chi connectivity index (χ4n) is 2.76. The van der Waals surface area contributed by atoms with Gasteiger partial charge in [0.25, 0.3) is 5.91 Å². The van der Waals surface area contributed by atoms with Gasteiger partial charge in [-0.15, -0.1) is 11.3 Å². The molecule has 154 valence electrons. The van der Waals surface area contributed by atoms with Crippen molar-refractivity contribution in [3.05, 3.63) is 70.1 Å². The first kappa shape index (κ1) is 21.4. The first-order valence-electron chi connectivity index (χ1n) is 8.82. The number of ether oxygens (including phenoxy) is 2. The number of nitrogens with one attached hydrogen (secondary N) is 1. The van der Waals surface area contributed by atoms with Crippen LogP contribution in [0.5, 0.6) is 11.5 Å². The van der Waals surface area contributed by atoms with E-state index in [4.69, 9.17) is 26.8 Å². The molecular formula is C22H19ClN2O4S. The number of hydrogen-bond acceptors (Lipinski definition) is 5. The highest BCUT2D eigenvalue weighted by atomic mass is 35.5. The largest absolute Gasteiger partial charge is 0.493 e. The molecule has 0 aliphatic rings. The van der Waals surface area contributed by atoms with Gasteiger partial charge in [-0.2, -0.15) is 0 Å². The highest BCUT2D eigenvalue weighted by molar-refractivity contribution is 7.16. The van der Waals surface area contributed by atoms with E-state index in [9.17, 15) is 9.59 Å². The van der Waals surface area contributed by atoms with E-state index >= 15 is 0 Å². The quantitative estimate of drug-likeness (QED) is 0.512. The summed E-state index contributed by atoms with van der Waals surface area (Å²) in [7, 11) is 2.91. The van der Waals surface area contributed by atoms with Gasteiger partial charge in [0.1, 0.15) is 0 Å². The molecule has 3 N–H and O–H groups in total. The molecule has 8 heteroatoms. The number of benzene rings is 2. The Bertz CT molecular complexity index is 1120. The van der Waals surface area contributed by atoms with Crippen molar-refractivity contribution in [3.8, 4) is 21.9 Å². The van der Waals surface area contributed by atoms with Crippen LogP contribution in [0.4, 0.5) is 5.69 Å². The molecular weight excluding hydrogens is 424 g/mol. The lowest BCUT2D eigenvalue weighted by molar-refractivity contribution is -0.111. The predicted octanol–water partition coefficient (Wildman–Crippen LogP) is 4.84. The molecule has 1 heterocycles. The summed E-state index contributed by atoms with van der Waals surface area (Å²) in [5.41, 5.74) is 6.79. The van der Waals surface area contributed by atoms with Gasteiger partial charge in [0.05, 0.1) is 25.5 Å². The van der Waals surface area contributed by atoms with E-state index in [2.05, 4.69) is 5.32 Å². The first-order chi connectivity index (χ1) is 14.4. The average Bonchev–Trinajstić information content (AvgIpc) is 3.21. The summed E-state index contributed by atoms with van der Waals surface area (Å²) < 4.78 is 10.4. The van der Waals surface area contributed by atoms with Crippen LogP contribution in [0.1, 0.15) is 15.2 Å². The van der Waals surface area contributed by atoms with Gasteiger partial charge in [-0.25, -0.2) is 0 Å². The van der Waals surface area contributed by atoms with Crippen molar-refractivity contribution < 1.29 is 19.1 Å². The van der Waals surface area contributed by atoms with Crippen LogP contribution in [0.25, 0.3) is 16.5 Å². The predicted molar refractivity (Wildman–Crippen MR) is 120 cm³/mol. The zero-order valence-electron chi connectivity index (χ0n) is 16.3. The van der Waals surface area contributed by atoms with Gasteiger partial charge in [0, 0.05) is 26.9 Å². The summed E-state index contributed by atoms with van der Waals surface area (Å²) in [5.74, 6) is -0.403. The number of primary amides is 1. The van der Waals surface area contributed by atoms with Crippen LogP contribution in [0, 0.1) is 0 Å². The molecule has 2 amide bonds. The van der Waals surface area contributed by atoms with Crippen molar-refractivity contribution in [2.24, 2.45) is 5.73 Å². The number of methoxy groups -OCH3 is 2. The van der Waals surface area contributed by atoms with Crippen LogP contribution >= 0.6 is 22.9 Å². The van der Waals surface area contributed by atoms with Gasteiger partial charge in [0.2, 0.25) is 5.91 Å². The van der Waals surface area contributed by atoms with Crippen LogP contribution in [0.15, 0.2) is 54.6 Å². The van der Waals surface area contributed by atoms with Crippen LogP contribution < -0.4 is 20.5 Å². The van der Waals surface area contributed by atoms with Crippen molar-refractivity contribution >= 4 is 46.5 Å². The Morgan fingerprint density at radius 2 is 1.80 bits per heavy atom. The Hall–Kier alpha value is -3.29. The molecule has 3 rings (SSSR count). The third kappa shape index (κ3) is 5.00. The molecule has 1 aromatic heterocycles. The molecule has 0 atom stereocenters. The third-order valence-corrected chi connectivity index (χ3v) is 5.52. The molecule has 0 radical (unpaired) electrons. The fourth-order valence-corrected chi connectivity index (χ4v) is 3.86. The maximum absolute atomic E-state index is 12.4. The van der Waals surface area contributed by atoms with Gasteiger partial charge in [-0.3, -0.25) is 9.59 Å². The van der Waals surface area contributed by atoms with Gasteiger partial charge < -0.3 is 20.5 Å². The number of carbonyl (C=O) groups excluding carboxylic acids is 2. The number of carbonyl (C=O) groups is 2. The number of rotatable bonds is 7. The van der Waals surface area contributed by atoms with Crippen LogP contribution in [0.2, 0.25) is 5.02 Å². The summed E-state index contributed by atoms with van der Waals surface area (Å²) >= 11 is 7.57. The highest BCUT2D eigenvalue weighted by Crippen LogP contribution is 2.33. The second-order valence-electron chi connectivity index (χ2n) is 6.15. The van der Waals surface area contributed by atoms with Crippen LogP contribution in [-0.2, 0) is 4.79 Å². The van der Waals surface area contributed by atoms with Crippen molar-refractivity contribution in [3.63, 3.8) is 0 Å². The number of amides is 2. The van der Waals surface area contributed by atoms with E-state index in [0.717, 1.165) is 15.3 Å². The van der Waals surface area contributed by atoms with E-state index < -0.39 is 11.8 Å². The number of thiophene rings is 1.